The van der Waals surface area contributed by atoms with Gasteiger partial charge >= 0.3 is 0 Å². The zero-order valence-electron chi connectivity index (χ0n) is 12.9. The highest BCUT2D eigenvalue weighted by Gasteiger charge is 2.27. The number of aliphatic hydroxyl groups is 1. The number of aliphatic hydroxyl groups excluding tert-OH is 1. The third-order valence-corrected chi connectivity index (χ3v) is 6.66. The molecule has 1 N–H and O–H groups in total. The van der Waals surface area contributed by atoms with Crippen molar-refractivity contribution < 1.29 is 13.5 Å². The molecule has 0 fully saturated rings. The molecule has 0 bridgehead atoms. The number of aromatic nitrogens is 2. The topological polar surface area (TPSA) is 72.2 Å². The fourth-order valence-electron chi connectivity index (χ4n) is 2.45. The number of aryl methyl sites for hydroxylation is 1. The smallest absolute Gasteiger partial charge is 0.269 e. The quantitative estimate of drug-likeness (QED) is 0.682. The number of halogens is 2. The first-order chi connectivity index (χ1) is 11.2. The van der Waals surface area contributed by atoms with Crippen LogP contribution >= 0.6 is 27.5 Å². The van der Waals surface area contributed by atoms with Crippen molar-refractivity contribution >= 4 is 48.6 Å². The summed E-state index contributed by atoms with van der Waals surface area (Å²) in [6.45, 7) is 3.37. The van der Waals surface area contributed by atoms with Crippen LogP contribution in [0.4, 0.5) is 0 Å². The van der Waals surface area contributed by atoms with Gasteiger partial charge in [0, 0.05) is 11.6 Å². The van der Waals surface area contributed by atoms with Gasteiger partial charge in [0.15, 0.2) is 5.65 Å². The van der Waals surface area contributed by atoms with Crippen molar-refractivity contribution in [1.29, 1.82) is 0 Å². The summed E-state index contributed by atoms with van der Waals surface area (Å²) in [6.07, 6.45) is 0.437. The van der Waals surface area contributed by atoms with Gasteiger partial charge in [0.2, 0.25) is 0 Å². The molecular weight excluding hydrogens is 416 g/mol. The summed E-state index contributed by atoms with van der Waals surface area (Å²) in [4.78, 5) is 4.31. The van der Waals surface area contributed by atoms with E-state index < -0.39 is 16.1 Å². The molecule has 0 aliphatic rings. The Balaban J connectivity index is 2.38. The van der Waals surface area contributed by atoms with Crippen LogP contribution in [0.3, 0.4) is 0 Å². The van der Waals surface area contributed by atoms with E-state index in [2.05, 4.69) is 20.9 Å². The average molecular weight is 430 g/mol. The number of hydrogen-bond acceptors (Lipinski definition) is 4. The molecule has 5 nitrogen and oxygen atoms in total. The third kappa shape index (κ3) is 2.75. The predicted molar refractivity (Wildman–Crippen MR) is 96.8 cm³/mol. The van der Waals surface area contributed by atoms with Gasteiger partial charge in [-0.2, -0.15) is 0 Å². The third-order valence-electron chi connectivity index (χ3n) is 3.69. The van der Waals surface area contributed by atoms with Crippen LogP contribution in [0, 0.1) is 6.92 Å². The van der Waals surface area contributed by atoms with Crippen LogP contribution < -0.4 is 0 Å². The van der Waals surface area contributed by atoms with Crippen LogP contribution in [-0.4, -0.2) is 22.5 Å². The van der Waals surface area contributed by atoms with Crippen LogP contribution in [0.2, 0.25) is 5.02 Å². The van der Waals surface area contributed by atoms with Gasteiger partial charge in [-0.05, 0) is 48.0 Å². The van der Waals surface area contributed by atoms with Crippen LogP contribution in [0.1, 0.15) is 24.3 Å². The highest BCUT2D eigenvalue weighted by atomic mass is 79.9. The zero-order chi connectivity index (χ0) is 17.6. The molecule has 0 aliphatic carbocycles. The number of fused-ring (bicyclic) bond motifs is 1. The molecule has 0 saturated heterocycles. The maximum Gasteiger partial charge on any atom is 0.269 e. The Bertz CT molecular complexity index is 1030. The van der Waals surface area contributed by atoms with Gasteiger partial charge in [0.25, 0.3) is 10.0 Å². The minimum absolute atomic E-state index is 0.119. The van der Waals surface area contributed by atoms with E-state index in [0.717, 1.165) is 9.54 Å². The molecule has 1 atom stereocenters. The first-order valence-electron chi connectivity index (χ1n) is 7.09. The first-order valence-corrected chi connectivity index (χ1v) is 9.70. The van der Waals surface area contributed by atoms with Gasteiger partial charge in [-0.15, -0.1) is 0 Å². The fourth-order valence-corrected chi connectivity index (χ4v) is 4.50. The lowest BCUT2D eigenvalue weighted by atomic mass is 10.2. The molecule has 2 aromatic heterocycles. The second-order valence-corrected chi connectivity index (χ2v) is 8.50. The number of nitrogens with zero attached hydrogens (tertiary/aromatic N) is 2. The van der Waals surface area contributed by atoms with Crippen molar-refractivity contribution in [2.45, 2.75) is 24.8 Å². The normalized spacial score (nSPS) is 13.4. The number of hydrogen-bond donors (Lipinski definition) is 1. The van der Waals surface area contributed by atoms with E-state index in [1.54, 1.807) is 18.2 Å². The minimum Gasteiger partial charge on any atom is -0.387 e. The molecule has 1 unspecified atom stereocenters. The molecule has 3 aromatic rings. The van der Waals surface area contributed by atoms with Crippen molar-refractivity contribution in [3.05, 3.63) is 57.3 Å². The molecule has 0 saturated carbocycles. The maximum atomic E-state index is 13.1. The molecule has 1 aromatic carbocycles. The summed E-state index contributed by atoms with van der Waals surface area (Å²) in [5.74, 6) is 0. The molecule has 2 heterocycles. The van der Waals surface area contributed by atoms with E-state index in [4.69, 9.17) is 11.6 Å². The van der Waals surface area contributed by atoms with Crippen LogP contribution in [0.15, 0.2) is 45.9 Å². The summed E-state index contributed by atoms with van der Waals surface area (Å²) in [7, 11) is -3.92. The van der Waals surface area contributed by atoms with Crippen LogP contribution in [0.25, 0.3) is 11.0 Å². The van der Waals surface area contributed by atoms with Crippen LogP contribution in [0.5, 0.6) is 0 Å². The first kappa shape index (κ1) is 17.4. The van der Waals surface area contributed by atoms with E-state index >= 15 is 0 Å². The molecule has 24 heavy (non-hydrogen) atoms. The highest BCUT2D eigenvalue weighted by molar-refractivity contribution is 9.10. The summed E-state index contributed by atoms with van der Waals surface area (Å²) in [5.41, 5.74) is 1.34. The second-order valence-electron chi connectivity index (χ2n) is 5.49. The second kappa shape index (κ2) is 6.15. The summed E-state index contributed by atoms with van der Waals surface area (Å²) >= 11 is 9.53. The highest BCUT2D eigenvalue weighted by Crippen LogP contribution is 2.35. The van der Waals surface area contributed by atoms with Crippen LogP contribution in [-0.2, 0) is 10.0 Å². The minimum atomic E-state index is -3.92. The van der Waals surface area contributed by atoms with Crippen molar-refractivity contribution in [2.75, 3.05) is 0 Å². The lowest BCUT2D eigenvalue weighted by Gasteiger charge is -2.13. The SMILES string of the molecule is Cc1ccc(S(=O)(=O)n2c(C(C)O)cc3c(Cl)c(Br)cnc32)cc1. The Kier molecular flexibility index (Phi) is 4.46. The predicted octanol–water partition coefficient (Wildman–Crippen LogP) is 4.05. The van der Waals surface area contributed by atoms with Gasteiger partial charge in [-0.3, -0.25) is 0 Å². The summed E-state index contributed by atoms with van der Waals surface area (Å²) in [5, 5.41) is 10.9. The molecule has 0 radical (unpaired) electrons. The number of rotatable bonds is 3. The monoisotopic (exact) mass is 428 g/mol. The Labute approximate surface area is 153 Å². The molecule has 3 rings (SSSR count). The van der Waals surface area contributed by atoms with Crippen molar-refractivity contribution in [1.82, 2.24) is 8.96 Å². The fraction of sp³-hybridized carbons (Fsp3) is 0.188. The van der Waals surface area contributed by atoms with Gasteiger partial charge in [0.1, 0.15) is 0 Å². The summed E-state index contributed by atoms with van der Waals surface area (Å²) in [6, 6.07) is 8.05. The van der Waals surface area contributed by atoms with E-state index in [0.29, 0.717) is 14.9 Å². The Hall–Kier alpha value is -1.41. The van der Waals surface area contributed by atoms with E-state index in [9.17, 15) is 13.5 Å². The Morgan fingerprint density at radius 3 is 2.50 bits per heavy atom. The molecule has 0 amide bonds. The van der Waals surface area contributed by atoms with Crippen molar-refractivity contribution in [2.24, 2.45) is 0 Å². The van der Waals surface area contributed by atoms with Gasteiger partial charge in [-0.1, -0.05) is 29.3 Å². The maximum absolute atomic E-state index is 13.1. The van der Waals surface area contributed by atoms with E-state index in [1.807, 2.05) is 6.92 Å². The lowest BCUT2D eigenvalue weighted by molar-refractivity contribution is 0.193. The standard InChI is InChI=1S/C16H14BrClN2O3S/c1-9-3-5-11(6-4-9)24(22,23)20-14(10(2)21)7-12-15(18)13(17)8-19-16(12)20/h3-8,10,21H,1-2H3. The average Bonchev–Trinajstić information content (AvgIpc) is 2.92. The van der Waals surface area contributed by atoms with E-state index in [-0.39, 0.29) is 16.2 Å². The molecule has 126 valence electrons. The Morgan fingerprint density at radius 2 is 1.92 bits per heavy atom. The molecule has 0 spiro atoms. The summed E-state index contributed by atoms with van der Waals surface area (Å²) < 4.78 is 27.8. The van der Waals surface area contributed by atoms with E-state index in [1.165, 1.54) is 25.3 Å². The van der Waals surface area contributed by atoms with Gasteiger partial charge in [-0.25, -0.2) is 17.4 Å². The number of pyridine rings is 1. The van der Waals surface area contributed by atoms with Crippen molar-refractivity contribution in [3.63, 3.8) is 0 Å². The van der Waals surface area contributed by atoms with Crippen molar-refractivity contribution in [3.8, 4) is 0 Å². The molecule has 0 aliphatic heterocycles. The zero-order valence-corrected chi connectivity index (χ0v) is 16.0. The largest absolute Gasteiger partial charge is 0.387 e. The van der Waals surface area contributed by atoms with Gasteiger partial charge in [0.05, 0.1) is 26.2 Å². The molecular formula is C16H14BrClN2O3S. The number of benzene rings is 1. The lowest BCUT2D eigenvalue weighted by Crippen LogP contribution is -2.17. The Morgan fingerprint density at radius 1 is 1.29 bits per heavy atom. The molecule has 8 heteroatoms. The van der Waals surface area contributed by atoms with Gasteiger partial charge < -0.3 is 5.11 Å².